The van der Waals surface area contributed by atoms with Crippen LogP contribution in [0.4, 0.5) is 5.69 Å². The number of thioether (sulfide) groups is 1. The van der Waals surface area contributed by atoms with E-state index in [1.165, 1.54) is 11.8 Å². The van der Waals surface area contributed by atoms with Crippen LogP contribution in [0.1, 0.15) is 12.5 Å². The number of aliphatic hydroxyl groups is 1. The van der Waals surface area contributed by atoms with Crippen molar-refractivity contribution >= 4 is 34.5 Å². The Morgan fingerprint density at radius 3 is 2.48 bits per heavy atom. The quantitative estimate of drug-likeness (QED) is 0.611. The minimum absolute atomic E-state index is 0.0217. The van der Waals surface area contributed by atoms with Crippen molar-refractivity contribution in [2.45, 2.75) is 6.92 Å². The second kappa shape index (κ2) is 10.1. The number of esters is 1. The van der Waals surface area contributed by atoms with Crippen molar-refractivity contribution in [3.8, 4) is 17.2 Å². The zero-order chi connectivity index (χ0) is 22.4. The van der Waals surface area contributed by atoms with Gasteiger partial charge in [-0.2, -0.15) is 0 Å². The van der Waals surface area contributed by atoms with Gasteiger partial charge in [0.2, 0.25) is 0 Å². The van der Waals surface area contributed by atoms with Crippen molar-refractivity contribution in [3.63, 3.8) is 0 Å². The third-order valence-electron chi connectivity index (χ3n) is 4.38. The molecule has 2 aromatic rings. The number of aliphatic imine (C=N–C) groups is 1. The summed E-state index contributed by atoms with van der Waals surface area (Å²) in [6, 6.07) is 12.4. The first-order valence-corrected chi connectivity index (χ1v) is 10.3. The van der Waals surface area contributed by atoms with Gasteiger partial charge >= 0.3 is 5.97 Å². The fraction of sp³-hybridized carbons (Fsp3) is 0.217. The van der Waals surface area contributed by atoms with Crippen LogP contribution < -0.4 is 14.2 Å². The Hall–Kier alpha value is -3.39. The molecule has 0 saturated carbocycles. The van der Waals surface area contributed by atoms with E-state index in [1.807, 2.05) is 0 Å². The summed E-state index contributed by atoms with van der Waals surface area (Å²) in [5.41, 5.74) is 1.32. The molecule has 0 fully saturated rings. The molecule has 2 aromatic carbocycles. The standard InChI is InChI=1S/C23H23NO6S/c1-5-30-23(26)20-21(25)19(11-14-9-10-17(28-3)13-18(14)29-4)31-22(20)24-15-7-6-8-16(12-15)27-2/h6-13,25H,5H2,1-4H3. The number of ether oxygens (including phenoxy) is 4. The molecule has 8 heteroatoms. The van der Waals surface area contributed by atoms with Crippen molar-refractivity contribution in [1.29, 1.82) is 0 Å². The van der Waals surface area contributed by atoms with E-state index in [2.05, 4.69) is 4.99 Å². The van der Waals surface area contributed by atoms with Crippen LogP contribution in [-0.2, 0) is 9.53 Å². The van der Waals surface area contributed by atoms with Crippen LogP contribution in [-0.4, -0.2) is 44.1 Å². The molecule has 7 nitrogen and oxygen atoms in total. The number of rotatable bonds is 7. The largest absolute Gasteiger partial charge is 0.506 e. The predicted molar refractivity (Wildman–Crippen MR) is 121 cm³/mol. The Morgan fingerprint density at radius 1 is 1.06 bits per heavy atom. The van der Waals surface area contributed by atoms with Crippen LogP contribution in [0.25, 0.3) is 6.08 Å². The molecule has 0 atom stereocenters. The molecule has 0 aliphatic carbocycles. The van der Waals surface area contributed by atoms with Crippen LogP contribution in [0.15, 0.2) is 63.7 Å². The highest BCUT2D eigenvalue weighted by atomic mass is 32.2. The molecule has 3 rings (SSSR count). The number of nitrogens with zero attached hydrogens (tertiary/aromatic N) is 1. The maximum atomic E-state index is 12.6. The molecule has 0 saturated heterocycles. The van der Waals surface area contributed by atoms with E-state index in [0.29, 0.717) is 38.4 Å². The zero-order valence-electron chi connectivity index (χ0n) is 17.7. The lowest BCUT2D eigenvalue weighted by Crippen LogP contribution is -2.12. The number of hydrogen-bond acceptors (Lipinski definition) is 8. The van der Waals surface area contributed by atoms with E-state index < -0.39 is 5.97 Å². The van der Waals surface area contributed by atoms with Gasteiger partial charge in [0.25, 0.3) is 0 Å². The van der Waals surface area contributed by atoms with Gasteiger partial charge in [-0.25, -0.2) is 9.79 Å². The molecule has 162 valence electrons. The second-order valence-corrected chi connectivity index (χ2v) is 7.31. The summed E-state index contributed by atoms with van der Waals surface area (Å²) in [5, 5.41) is 11.2. The van der Waals surface area contributed by atoms with Gasteiger partial charge in [-0.05, 0) is 37.3 Å². The summed E-state index contributed by atoms with van der Waals surface area (Å²) in [4.78, 5) is 17.6. The smallest absolute Gasteiger partial charge is 0.344 e. The number of hydrogen-bond donors (Lipinski definition) is 1. The van der Waals surface area contributed by atoms with Gasteiger partial charge in [-0.3, -0.25) is 0 Å². The van der Waals surface area contributed by atoms with E-state index in [9.17, 15) is 9.90 Å². The summed E-state index contributed by atoms with van der Waals surface area (Å²) in [6.07, 6.45) is 1.73. The maximum Gasteiger partial charge on any atom is 0.344 e. The lowest BCUT2D eigenvalue weighted by atomic mass is 10.1. The van der Waals surface area contributed by atoms with Crippen LogP contribution in [0.2, 0.25) is 0 Å². The number of aliphatic hydroxyl groups excluding tert-OH is 1. The molecule has 0 radical (unpaired) electrons. The number of carbonyl (C=O) groups is 1. The third kappa shape index (κ3) is 5.03. The van der Waals surface area contributed by atoms with Gasteiger partial charge < -0.3 is 24.1 Å². The normalized spacial score (nSPS) is 16.0. The summed E-state index contributed by atoms with van der Waals surface area (Å²) in [7, 11) is 4.69. The summed E-state index contributed by atoms with van der Waals surface area (Å²) < 4.78 is 21.0. The van der Waals surface area contributed by atoms with E-state index in [0.717, 1.165) is 0 Å². The molecular formula is C23H23NO6S. The number of methoxy groups -OCH3 is 3. The SMILES string of the molecule is CCOC(=O)C1=C(O)C(=Cc2ccc(OC)cc2OC)SC1=Nc1cccc(OC)c1. The first-order chi connectivity index (χ1) is 15.0. The number of benzene rings is 2. The lowest BCUT2D eigenvalue weighted by Gasteiger charge is -2.08. The Balaban J connectivity index is 2.06. The molecule has 31 heavy (non-hydrogen) atoms. The Kier molecular flexibility index (Phi) is 7.25. The van der Waals surface area contributed by atoms with E-state index in [1.54, 1.807) is 76.8 Å². The van der Waals surface area contributed by atoms with E-state index >= 15 is 0 Å². The van der Waals surface area contributed by atoms with Gasteiger partial charge in [0, 0.05) is 17.7 Å². The first kappa shape index (κ1) is 22.3. The maximum absolute atomic E-state index is 12.6. The molecule has 0 amide bonds. The molecule has 1 aliphatic rings. The van der Waals surface area contributed by atoms with Gasteiger partial charge in [0.15, 0.2) is 0 Å². The fourth-order valence-electron chi connectivity index (χ4n) is 2.87. The average Bonchev–Trinajstić information content (AvgIpc) is 3.08. The molecule has 1 N–H and O–H groups in total. The first-order valence-electron chi connectivity index (χ1n) is 9.46. The van der Waals surface area contributed by atoms with Crippen LogP contribution in [0.3, 0.4) is 0 Å². The highest BCUT2D eigenvalue weighted by Crippen LogP contribution is 2.41. The van der Waals surface area contributed by atoms with Crippen molar-refractivity contribution in [3.05, 3.63) is 64.3 Å². The Labute approximate surface area is 185 Å². The van der Waals surface area contributed by atoms with Crippen molar-refractivity contribution in [2.75, 3.05) is 27.9 Å². The van der Waals surface area contributed by atoms with E-state index in [-0.39, 0.29) is 17.9 Å². The monoisotopic (exact) mass is 441 g/mol. The van der Waals surface area contributed by atoms with E-state index in [4.69, 9.17) is 18.9 Å². The van der Waals surface area contributed by atoms with Crippen molar-refractivity contribution < 1.29 is 28.8 Å². The molecule has 0 spiro atoms. The lowest BCUT2D eigenvalue weighted by molar-refractivity contribution is -0.138. The molecular weight excluding hydrogens is 418 g/mol. The van der Waals surface area contributed by atoms with Crippen molar-refractivity contribution in [2.24, 2.45) is 4.99 Å². The number of carbonyl (C=O) groups excluding carboxylic acids is 1. The molecule has 0 bridgehead atoms. The Morgan fingerprint density at radius 2 is 1.81 bits per heavy atom. The second-order valence-electron chi connectivity index (χ2n) is 6.28. The Bertz CT molecular complexity index is 1070. The topological polar surface area (TPSA) is 86.6 Å². The zero-order valence-corrected chi connectivity index (χ0v) is 18.5. The van der Waals surface area contributed by atoms with Crippen molar-refractivity contribution in [1.82, 2.24) is 0 Å². The molecule has 0 aromatic heterocycles. The highest BCUT2D eigenvalue weighted by molar-refractivity contribution is 8.18. The van der Waals surface area contributed by atoms with Gasteiger partial charge in [0.05, 0.1) is 38.5 Å². The van der Waals surface area contributed by atoms with Gasteiger partial charge in [-0.15, -0.1) is 0 Å². The van der Waals surface area contributed by atoms with Gasteiger partial charge in [0.1, 0.15) is 33.6 Å². The third-order valence-corrected chi connectivity index (χ3v) is 5.40. The fourth-order valence-corrected chi connectivity index (χ4v) is 3.89. The molecule has 1 aliphatic heterocycles. The predicted octanol–water partition coefficient (Wildman–Crippen LogP) is 4.91. The van der Waals surface area contributed by atoms with Gasteiger partial charge in [-0.1, -0.05) is 17.8 Å². The average molecular weight is 442 g/mol. The summed E-state index contributed by atoms with van der Waals surface area (Å²) in [5.74, 6) is 1.01. The van der Waals surface area contributed by atoms with Crippen LogP contribution in [0.5, 0.6) is 17.2 Å². The van der Waals surface area contributed by atoms with Crippen LogP contribution in [0, 0.1) is 0 Å². The molecule has 1 heterocycles. The minimum atomic E-state index is -0.640. The summed E-state index contributed by atoms with van der Waals surface area (Å²) >= 11 is 1.17. The van der Waals surface area contributed by atoms with Crippen LogP contribution >= 0.6 is 11.8 Å². The molecule has 0 unspecified atom stereocenters. The minimum Gasteiger partial charge on any atom is -0.506 e. The summed E-state index contributed by atoms with van der Waals surface area (Å²) in [6.45, 7) is 1.88. The highest BCUT2D eigenvalue weighted by Gasteiger charge is 2.33.